The van der Waals surface area contributed by atoms with E-state index in [2.05, 4.69) is 0 Å². The first kappa shape index (κ1) is 12.4. The summed E-state index contributed by atoms with van der Waals surface area (Å²) in [6.07, 6.45) is 3.94. The highest BCUT2D eigenvalue weighted by molar-refractivity contribution is 6.07. The number of Topliss-reactive ketones (excluding diaryl/α,β-unsaturated/α-hetero) is 1. The van der Waals surface area contributed by atoms with Crippen LogP contribution in [0.3, 0.4) is 0 Å². The summed E-state index contributed by atoms with van der Waals surface area (Å²) in [6, 6.07) is 10.0. The average molecular weight is 257 g/mol. The summed E-state index contributed by atoms with van der Waals surface area (Å²) in [6.45, 7) is 1.41. The van der Waals surface area contributed by atoms with Gasteiger partial charge in [0.1, 0.15) is 11.2 Å². The largest absolute Gasteiger partial charge is 0.338 e. The summed E-state index contributed by atoms with van der Waals surface area (Å²) >= 11 is 0. The molecule has 2 aliphatic rings. The van der Waals surface area contributed by atoms with E-state index in [0.717, 1.165) is 37.8 Å². The zero-order valence-electron chi connectivity index (χ0n) is 11.1. The highest BCUT2D eigenvalue weighted by atomic mass is 16.2. The molecule has 3 nitrogen and oxygen atoms in total. The van der Waals surface area contributed by atoms with Crippen LogP contribution in [-0.2, 0) is 16.1 Å². The molecular formula is C16H19NO2. The van der Waals surface area contributed by atoms with Crippen molar-refractivity contribution in [2.45, 2.75) is 38.6 Å². The molecular weight excluding hydrogens is 238 g/mol. The first-order valence-corrected chi connectivity index (χ1v) is 7.09. The number of piperidine rings is 1. The predicted octanol–water partition coefficient (Wildman–Crippen LogP) is 2.55. The van der Waals surface area contributed by atoms with Crippen LogP contribution in [-0.4, -0.2) is 23.1 Å². The van der Waals surface area contributed by atoms with Gasteiger partial charge < -0.3 is 4.90 Å². The zero-order valence-corrected chi connectivity index (χ0v) is 11.1. The fraction of sp³-hybridized carbons (Fsp3) is 0.500. The molecule has 1 heterocycles. The van der Waals surface area contributed by atoms with Crippen molar-refractivity contribution in [2.24, 2.45) is 5.41 Å². The van der Waals surface area contributed by atoms with Gasteiger partial charge in [-0.15, -0.1) is 0 Å². The first-order valence-electron chi connectivity index (χ1n) is 7.09. The number of rotatable bonds is 2. The molecule has 1 saturated carbocycles. The summed E-state index contributed by atoms with van der Waals surface area (Å²) < 4.78 is 0. The van der Waals surface area contributed by atoms with Crippen molar-refractivity contribution in [3.05, 3.63) is 35.9 Å². The smallest absolute Gasteiger partial charge is 0.236 e. The Morgan fingerprint density at radius 3 is 2.47 bits per heavy atom. The fourth-order valence-corrected chi connectivity index (χ4v) is 3.46. The number of hydrogen-bond donors (Lipinski definition) is 0. The lowest BCUT2D eigenvalue weighted by molar-refractivity contribution is -0.152. The van der Waals surface area contributed by atoms with Crippen LogP contribution in [0.25, 0.3) is 0 Å². The van der Waals surface area contributed by atoms with Crippen LogP contribution < -0.4 is 0 Å². The first-order chi connectivity index (χ1) is 9.22. The minimum absolute atomic E-state index is 0.0742. The van der Waals surface area contributed by atoms with Gasteiger partial charge >= 0.3 is 0 Å². The second-order valence-corrected chi connectivity index (χ2v) is 5.67. The van der Waals surface area contributed by atoms with E-state index >= 15 is 0 Å². The molecule has 19 heavy (non-hydrogen) atoms. The molecule has 100 valence electrons. The quantitative estimate of drug-likeness (QED) is 0.764. The molecule has 1 spiro atoms. The number of carbonyl (C=O) groups is 2. The van der Waals surface area contributed by atoms with Gasteiger partial charge in [-0.05, 0) is 31.2 Å². The van der Waals surface area contributed by atoms with Gasteiger partial charge in [-0.3, -0.25) is 9.59 Å². The molecule has 1 amide bonds. The van der Waals surface area contributed by atoms with Crippen LogP contribution >= 0.6 is 0 Å². The SMILES string of the molecule is O=C1CCCC12CCCN(Cc1ccccc1)C2=O. The Labute approximate surface area is 113 Å². The van der Waals surface area contributed by atoms with Gasteiger partial charge in [0.05, 0.1) is 0 Å². The molecule has 0 bridgehead atoms. The number of nitrogens with zero attached hydrogens (tertiary/aromatic N) is 1. The van der Waals surface area contributed by atoms with Crippen LogP contribution in [0.5, 0.6) is 0 Å². The molecule has 3 heteroatoms. The molecule has 1 atom stereocenters. The second kappa shape index (κ2) is 4.80. The van der Waals surface area contributed by atoms with E-state index in [1.807, 2.05) is 35.2 Å². The van der Waals surface area contributed by atoms with E-state index in [9.17, 15) is 9.59 Å². The third kappa shape index (κ3) is 2.07. The molecule has 1 aromatic rings. The molecule has 0 radical (unpaired) electrons. The van der Waals surface area contributed by atoms with E-state index in [0.29, 0.717) is 13.0 Å². The van der Waals surface area contributed by atoms with Gasteiger partial charge in [0.15, 0.2) is 0 Å². The third-order valence-electron chi connectivity index (χ3n) is 4.49. The number of likely N-dealkylation sites (tertiary alicyclic amines) is 1. The molecule has 1 aliphatic heterocycles. The van der Waals surface area contributed by atoms with Gasteiger partial charge in [-0.2, -0.15) is 0 Å². The molecule has 1 unspecified atom stereocenters. The standard InChI is InChI=1S/C16H19NO2/c18-14-8-4-9-16(14)10-5-11-17(15(16)19)12-13-6-2-1-3-7-13/h1-3,6-7H,4-5,8-12H2. The average Bonchev–Trinajstić information content (AvgIpc) is 2.79. The van der Waals surface area contributed by atoms with E-state index in [1.54, 1.807) is 0 Å². The van der Waals surface area contributed by atoms with Gasteiger partial charge in [0, 0.05) is 19.5 Å². The van der Waals surface area contributed by atoms with E-state index in [1.165, 1.54) is 0 Å². The minimum Gasteiger partial charge on any atom is -0.338 e. The predicted molar refractivity (Wildman–Crippen MR) is 72.4 cm³/mol. The summed E-state index contributed by atoms with van der Waals surface area (Å²) in [5.41, 5.74) is 0.478. The Kier molecular flexibility index (Phi) is 3.13. The number of amides is 1. The van der Waals surface area contributed by atoms with Crippen LogP contribution in [0.2, 0.25) is 0 Å². The Morgan fingerprint density at radius 1 is 1.05 bits per heavy atom. The topological polar surface area (TPSA) is 37.4 Å². The summed E-state index contributed by atoms with van der Waals surface area (Å²) in [4.78, 5) is 26.7. The molecule has 1 aromatic carbocycles. The maximum absolute atomic E-state index is 12.7. The highest BCUT2D eigenvalue weighted by Gasteiger charge is 2.51. The second-order valence-electron chi connectivity index (χ2n) is 5.67. The number of benzene rings is 1. The summed E-state index contributed by atoms with van der Waals surface area (Å²) in [5.74, 6) is 0.250. The van der Waals surface area contributed by atoms with Crippen molar-refractivity contribution in [1.29, 1.82) is 0 Å². The fourth-order valence-electron chi connectivity index (χ4n) is 3.46. The van der Waals surface area contributed by atoms with Gasteiger partial charge in [-0.25, -0.2) is 0 Å². The molecule has 0 N–H and O–H groups in total. The van der Waals surface area contributed by atoms with Crippen molar-refractivity contribution in [2.75, 3.05) is 6.54 Å². The minimum atomic E-state index is -0.660. The molecule has 1 saturated heterocycles. The monoisotopic (exact) mass is 257 g/mol. The maximum atomic E-state index is 12.7. The van der Waals surface area contributed by atoms with Gasteiger partial charge in [-0.1, -0.05) is 30.3 Å². The van der Waals surface area contributed by atoms with E-state index in [4.69, 9.17) is 0 Å². The normalized spacial score (nSPS) is 27.3. The lowest BCUT2D eigenvalue weighted by Gasteiger charge is -2.38. The van der Waals surface area contributed by atoms with Crippen molar-refractivity contribution in [1.82, 2.24) is 4.90 Å². The molecule has 1 aliphatic carbocycles. The van der Waals surface area contributed by atoms with Crippen molar-refractivity contribution < 1.29 is 9.59 Å². The maximum Gasteiger partial charge on any atom is 0.236 e. The van der Waals surface area contributed by atoms with E-state index < -0.39 is 5.41 Å². The highest BCUT2D eigenvalue weighted by Crippen LogP contribution is 2.43. The Morgan fingerprint density at radius 2 is 1.79 bits per heavy atom. The molecule has 2 fully saturated rings. The van der Waals surface area contributed by atoms with Crippen molar-refractivity contribution >= 4 is 11.7 Å². The van der Waals surface area contributed by atoms with Gasteiger partial charge in [0.25, 0.3) is 0 Å². The Bertz CT molecular complexity index is 497. The Hall–Kier alpha value is -1.64. The molecule has 0 aromatic heterocycles. The van der Waals surface area contributed by atoms with Crippen molar-refractivity contribution in [3.8, 4) is 0 Å². The van der Waals surface area contributed by atoms with E-state index in [-0.39, 0.29) is 11.7 Å². The summed E-state index contributed by atoms with van der Waals surface area (Å²) in [5, 5.41) is 0. The van der Waals surface area contributed by atoms with Gasteiger partial charge in [0.2, 0.25) is 5.91 Å². The van der Waals surface area contributed by atoms with Crippen LogP contribution in [0.15, 0.2) is 30.3 Å². The van der Waals surface area contributed by atoms with Crippen molar-refractivity contribution in [3.63, 3.8) is 0 Å². The number of carbonyl (C=O) groups excluding carboxylic acids is 2. The number of hydrogen-bond acceptors (Lipinski definition) is 2. The zero-order chi connectivity index (χ0) is 13.3. The van der Waals surface area contributed by atoms with Crippen LogP contribution in [0, 0.1) is 5.41 Å². The third-order valence-corrected chi connectivity index (χ3v) is 4.49. The molecule has 3 rings (SSSR count). The van der Waals surface area contributed by atoms with Crippen LogP contribution in [0.1, 0.15) is 37.7 Å². The lowest BCUT2D eigenvalue weighted by Crippen LogP contribution is -2.50. The number of ketones is 1. The lowest BCUT2D eigenvalue weighted by atomic mass is 9.76. The van der Waals surface area contributed by atoms with Crippen LogP contribution in [0.4, 0.5) is 0 Å². The summed E-state index contributed by atoms with van der Waals surface area (Å²) in [7, 11) is 0. The Balaban J connectivity index is 1.80.